The van der Waals surface area contributed by atoms with Crippen LogP contribution in [0.1, 0.15) is 233 Å². The van der Waals surface area contributed by atoms with Gasteiger partial charge >= 0.3 is 0 Å². The molecule has 0 aromatic heterocycles. The number of benzene rings is 11. The molecule has 0 N–H and O–H groups in total. The van der Waals surface area contributed by atoms with Crippen molar-refractivity contribution >= 4 is 32.3 Å². The lowest BCUT2D eigenvalue weighted by molar-refractivity contribution is 0.302. The second kappa shape index (κ2) is 31.3. The molecular formula is C93H108O2. The Hall–Kier alpha value is -7.94. The third-order valence-corrected chi connectivity index (χ3v) is 21.2. The van der Waals surface area contributed by atoms with E-state index in [1.807, 2.05) is 0 Å². The SMILES string of the molecule is CCCCCCCCC1(CCCCCCCC)c2cc(C)ccc2-c2ccc(C)cc21.CCCCCCCCOc1ccc2c(c1)Oc1cc(C)ccc1C21c2cc(C)ccc2-c2ccc(C)cc21.Cc1ccc(C)cc1.Cc1ccc2ccc3c(C)ccc4ccc1c2c43. The van der Waals surface area contributed by atoms with Crippen LogP contribution < -0.4 is 9.47 Å². The van der Waals surface area contributed by atoms with Crippen molar-refractivity contribution in [1.82, 2.24) is 0 Å². The summed E-state index contributed by atoms with van der Waals surface area (Å²) in [6.45, 7) is 27.3. The van der Waals surface area contributed by atoms with Crippen LogP contribution in [0.5, 0.6) is 17.2 Å². The van der Waals surface area contributed by atoms with Crippen LogP contribution in [0.25, 0.3) is 54.6 Å². The van der Waals surface area contributed by atoms with Gasteiger partial charge in [0, 0.05) is 22.6 Å². The first kappa shape index (κ1) is 68.4. The van der Waals surface area contributed by atoms with Gasteiger partial charge in [0.25, 0.3) is 0 Å². The fourth-order valence-corrected chi connectivity index (χ4v) is 16.0. The molecule has 11 aromatic rings. The Morgan fingerprint density at radius 2 is 0.642 bits per heavy atom. The number of ether oxygens (including phenoxy) is 2. The first-order valence-electron chi connectivity index (χ1n) is 36.9. The minimum absolute atomic E-state index is 0.234. The molecule has 14 rings (SSSR count). The highest BCUT2D eigenvalue weighted by atomic mass is 16.5. The Bertz CT molecular complexity index is 4160. The van der Waals surface area contributed by atoms with Gasteiger partial charge in [-0.2, -0.15) is 0 Å². The molecule has 492 valence electrons. The summed E-state index contributed by atoms with van der Waals surface area (Å²) in [4.78, 5) is 0. The van der Waals surface area contributed by atoms with E-state index in [0.717, 1.165) is 30.3 Å². The van der Waals surface area contributed by atoms with Gasteiger partial charge in [-0.3, -0.25) is 0 Å². The highest BCUT2D eigenvalue weighted by molar-refractivity contribution is 6.24. The van der Waals surface area contributed by atoms with Gasteiger partial charge in [-0.25, -0.2) is 0 Å². The van der Waals surface area contributed by atoms with E-state index in [4.69, 9.17) is 9.47 Å². The van der Waals surface area contributed by atoms with Crippen LogP contribution in [0.3, 0.4) is 0 Å². The molecule has 1 spiro atoms. The maximum atomic E-state index is 6.67. The van der Waals surface area contributed by atoms with Gasteiger partial charge < -0.3 is 9.47 Å². The molecule has 2 aliphatic carbocycles. The monoisotopic (exact) mass is 1260 g/mol. The highest BCUT2D eigenvalue weighted by Gasteiger charge is 2.51. The normalized spacial score (nSPS) is 13.1. The Balaban J connectivity index is 0.000000143. The van der Waals surface area contributed by atoms with Crippen molar-refractivity contribution in [3.8, 4) is 39.5 Å². The molecule has 95 heavy (non-hydrogen) atoms. The molecule has 1 aliphatic heterocycles. The molecule has 11 aromatic carbocycles. The standard InChI is InChI=1S/C36H38O2.C31H46.C18H14.C8H10/c1-5-6-7-8-9-10-19-37-27-14-18-31-35(23-27)38-34-22-26(4)13-17-30(34)36(31)32-20-24(2)11-15-28(32)29-16-12-25(3)21-33(29)36;1-5-7-9-11-13-15-21-31(22-16-14-12-10-8-6-2)29-23-25(3)17-19-27(29)28-20-18-26(4)24-30(28)31;1-11-3-5-13-8-10-16-12(2)4-6-14-7-9-15(11)17(13)18(14)16;1-7-3-5-8(2)6-4-7/h11-18,20-23H,5-10,19H2,1-4H3;17-20,23-24H,5-16,21-22H2,1-4H3;3-10H,1-2H3;3-6H,1-2H3. The van der Waals surface area contributed by atoms with Crippen LogP contribution >= 0.6 is 0 Å². The predicted octanol–water partition coefficient (Wildman–Crippen LogP) is 27.4. The van der Waals surface area contributed by atoms with E-state index in [0.29, 0.717) is 0 Å². The van der Waals surface area contributed by atoms with Crippen LogP contribution in [-0.2, 0) is 10.8 Å². The van der Waals surface area contributed by atoms with E-state index in [1.165, 1.54) is 249 Å². The molecule has 2 heteroatoms. The van der Waals surface area contributed by atoms with Crippen molar-refractivity contribution in [2.45, 2.75) is 222 Å². The lowest BCUT2D eigenvalue weighted by Crippen LogP contribution is -2.32. The fourth-order valence-electron chi connectivity index (χ4n) is 16.0. The van der Waals surface area contributed by atoms with Gasteiger partial charge in [-0.05, 0) is 187 Å². The lowest BCUT2D eigenvalue weighted by atomic mass is 9.65. The molecule has 0 radical (unpaired) electrons. The van der Waals surface area contributed by atoms with Crippen LogP contribution in [0, 0.1) is 62.3 Å². The minimum Gasteiger partial charge on any atom is -0.493 e. The zero-order valence-electron chi connectivity index (χ0n) is 60.0. The predicted molar refractivity (Wildman–Crippen MR) is 411 cm³/mol. The molecule has 0 saturated heterocycles. The van der Waals surface area contributed by atoms with Gasteiger partial charge in [0.2, 0.25) is 0 Å². The first-order chi connectivity index (χ1) is 46.2. The topological polar surface area (TPSA) is 18.5 Å². The maximum Gasteiger partial charge on any atom is 0.135 e. The van der Waals surface area contributed by atoms with Gasteiger partial charge in [0.05, 0.1) is 12.0 Å². The first-order valence-corrected chi connectivity index (χ1v) is 36.9. The molecule has 3 aliphatic rings. The molecule has 0 bridgehead atoms. The maximum absolute atomic E-state index is 6.67. The minimum atomic E-state index is -0.420. The Morgan fingerprint density at radius 3 is 1.09 bits per heavy atom. The Morgan fingerprint density at radius 1 is 0.295 bits per heavy atom. The summed E-state index contributed by atoms with van der Waals surface area (Å²) in [6.07, 6.45) is 26.8. The van der Waals surface area contributed by atoms with E-state index in [-0.39, 0.29) is 5.41 Å². The van der Waals surface area contributed by atoms with Crippen molar-refractivity contribution < 1.29 is 9.47 Å². The lowest BCUT2D eigenvalue weighted by Gasteiger charge is -2.39. The molecule has 0 atom stereocenters. The van der Waals surface area contributed by atoms with Gasteiger partial charge in [0.15, 0.2) is 0 Å². The third-order valence-electron chi connectivity index (χ3n) is 21.2. The van der Waals surface area contributed by atoms with Crippen LogP contribution in [-0.4, -0.2) is 6.61 Å². The van der Waals surface area contributed by atoms with E-state index in [9.17, 15) is 0 Å². The average molecular weight is 1260 g/mol. The summed E-state index contributed by atoms with van der Waals surface area (Å²) in [5.41, 5.74) is 25.8. The number of rotatable bonds is 22. The van der Waals surface area contributed by atoms with Crippen molar-refractivity contribution in [1.29, 1.82) is 0 Å². The Kier molecular flexibility index (Phi) is 22.5. The van der Waals surface area contributed by atoms with E-state index < -0.39 is 5.41 Å². The molecule has 0 fully saturated rings. The second-order valence-corrected chi connectivity index (χ2v) is 28.8. The number of hydrogen-bond donors (Lipinski definition) is 0. The average Bonchev–Trinajstić information content (AvgIpc) is 1.56. The van der Waals surface area contributed by atoms with Crippen molar-refractivity contribution in [2.75, 3.05) is 6.61 Å². The van der Waals surface area contributed by atoms with E-state index in [2.05, 4.69) is 265 Å². The second-order valence-electron chi connectivity index (χ2n) is 28.8. The largest absolute Gasteiger partial charge is 0.493 e. The van der Waals surface area contributed by atoms with Gasteiger partial charge in [-0.1, -0.05) is 327 Å². The Labute approximate surface area is 572 Å². The van der Waals surface area contributed by atoms with Crippen molar-refractivity contribution in [2.24, 2.45) is 0 Å². The van der Waals surface area contributed by atoms with E-state index >= 15 is 0 Å². The van der Waals surface area contributed by atoms with Gasteiger partial charge in [-0.15, -0.1) is 0 Å². The van der Waals surface area contributed by atoms with Crippen LogP contribution in [0.2, 0.25) is 0 Å². The third kappa shape index (κ3) is 14.7. The molecule has 1 heterocycles. The summed E-state index contributed by atoms with van der Waals surface area (Å²) in [7, 11) is 0. The quantitative estimate of drug-likeness (QED) is 0.0497. The summed E-state index contributed by atoms with van der Waals surface area (Å²) in [5, 5.41) is 8.31. The van der Waals surface area contributed by atoms with Crippen LogP contribution in [0.4, 0.5) is 0 Å². The zero-order chi connectivity index (χ0) is 66.6. The van der Waals surface area contributed by atoms with Crippen molar-refractivity contribution in [3.05, 3.63) is 265 Å². The number of unbranched alkanes of at least 4 members (excludes halogenated alkanes) is 15. The summed E-state index contributed by atoms with van der Waals surface area (Å²) in [6, 6.07) is 67.9. The smallest absolute Gasteiger partial charge is 0.135 e. The van der Waals surface area contributed by atoms with E-state index in [1.54, 1.807) is 11.1 Å². The van der Waals surface area contributed by atoms with Gasteiger partial charge in [0.1, 0.15) is 17.2 Å². The summed E-state index contributed by atoms with van der Waals surface area (Å²) >= 11 is 0. The molecule has 2 nitrogen and oxygen atoms in total. The molecule has 0 unspecified atom stereocenters. The van der Waals surface area contributed by atoms with Crippen LogP contribution in [0.15, 0.2) is 182 Å². The summed E-state index contributed by atoms with van der Waals surface area (Å²) in [5.74, 6) is 2.72. The number of aryl methyl sites for hydroxylation is 9. The number of hydrogen-bond acceptors (Lipinski definition) is 2. The number of fused-ring (bicyclic) bond motifs is 12. The molecule has 0 saturated carbocycles. The summed E-state index contributed by atoms with van der Waals surface area (Å²) < 4.78 is 12.9. The molecule has 0 amide bonds. The zero-order valence-corrected chi connectivity index (χ0v) is 60.0. The highest BCUT2D eigenvalue weighted by Crippen LogP contribution is 2.63. The molecular weight excluding hydrogens is 1150 g/mol. The van der Waals surface area contributed by atoms with Crippen molar-refractivity contribution in [3.63, 3.8) is 0 Å². The fraction of sp³-hybridized carbons (Fsp3) is 0.376.